The van der Waals surface area contributed by atoms with E-state index in [0.29, 0.717) is 11.6 Å². The molecule has 2 aromatic rings. The number of anilines is 1. The molecule has 1 atom stereocenters. The number of nitrogens with zero attached hydrogens (tertiary/aromatic N) is 4. The lowest BCUT2D eigenvalue weighted by atomic mass is 10.2. The van der Waals surface area contributed by atoms with Crippen LogP contribution in [0.1, 0.15) is 24.8 Å². The van der Waals surface area contributed by atoms with Gasteiger partial charge in [0.1, 0.15) is 0 Å². The van der Waals surface area contributed by atoms with Crippen molar-refractivity contribution in [1.29, 1.82) is 0 Å². The van der Waals surface area contributed by atoms with Crippen molar-refractivity contribution in [2.24, 2.45) is 0 Å². The van der Waals surface area contributed by atoms with Gasteiger partial charge < -0.3 is 10.2 Å². The third-order valence-corrected chi connectivity index (χ3v) is 6.84. The Hall–Kier alpha value is -2.00. The fraction of sp³-hybridized carbons (Fsp3) is 0.474. The summed E-state index contributed by atoms with van der Waals surface area (Å²) in [5, 5.41) is 12.4. The molecule has 0 spiro atoms. The minimum atomic E-state index is -0.353. The molecule has 0 bridgehead atoms. The maximum Gasteiger partial charge on any atom is 0.232 e. The third kappa shape index (κ3) is 4.20. The Kier molecular flexibility index (Phi) is 5.91. The first kappa shape index (κ1) is 19.3. The number of thioether (sulfide) groups is 2. The summed E-state index contributed by atoms with van der Waals surface area (Å²) in [5.41, 5.74) is 2.18. The Morgan fingerprint density at radius 3 is 2.68 bits per heavy atom. The third-order valence-electron chi connectivity index (χ3n) is 4.90. The molecule has 0 aliphatic carbocycles. The van der Waals surface area contributed by atoms with E-state index in [1.165, 1.54) is 29.1 Å². The maximum atomic E-state index is 12.3. The quantitative estimate of drug-likeness (QED) is 0.723. The van der Waals surface area contributed by atoms with Crippen molar-refractivity contribution < 1.29 is 9.59 Å². The number of carbonyl (C=O) groups excluding carboxylic acids is 2. The van der Waals surface area contributed by atoms with Crippen molar-refractivity contribution in [2.45, 2.75) is 37.4 Å². The number of hydrogen-bond donors (Lipinski definition) is 1. The predicted octanol–water partition coefficient (Wildman–Crippen LogP) is 2.42. The molecule has 1 aromatic carbocycles. The molecule has 3 heterocycles. The molecule has 2 aliphatic heterocycles. The van der Waals surface area contributed by atoms with Crippen LogP contribution in [0.5, 0.6) is 0 Å². The van der Waals surface area contributed by atoms with Crippen LogP contribution in [-0.4, -0.2) is 56.4 Å². The molecule has 1 N–H and O–H groups in total. The number of hydrogen-bond acceptors (Lipinski definition) is 7. The Balaban J connectivity index is 1.52. The van der Waals surface area contributed by atoms with E-state index in [4.69, 9.17) is 0 Å². The average molecular weight is 418 g/mol. The summed E-state index contributed by atoms with van der Waals surface area (Å²) < 4.78 is 2.03. The molecule has 9 heteroatoms. The molecule has 0 radical (unpaired) electrons. The molecule has 2 saturated heterocycles. The van der Waals surface area contributed by atoms with Crippen molar-refractivity contribution in [3.8, 4) is 5.69 Å². The van der Waals surface area contributed by atoms with E-state index in [-0.39, 0.29) is 22.8 Å². The van der Waals surface area contributed by atoms with E-state index in [0.717, 1.165) is 43.3 Å². The normalized spacial score (nSPS) is 19.4. The maximum absolute atomic E-state index is 12.3. The van der Waals surface area contributed by atoms with E-state index >= 15 is 0 Å². The van der Waals surface area contributed by atoms with Crippen LogP contribution in [0, 0.1) is 6.92 Å². The second-order valence-electron chi connectivity index (χ2n) is 7.01. The summed E-state index contributed by atoms with van der Waals surface area (Å²) in [6.07, 6.45) is 3.01. The molecule has 2 aliphatic rings. The zero-order valence-corrected chi connectivity index (χ0v) is 17.4. The summed E-state index contributed by atoms with van der Waals surface area (Å²) in [6.45, 7) is 3.99. The first-order valence-electron chi connectivity index (χ1n) is 9.48. The number of carbonyl (C=O) groups is 2. The SMILES string of the molecule is Cc1ccc(-n2c(SCC(=O)N[C@H]3CCSC3=O)nnc2N2CCCC2)cc1. The van der Waals surface area contributed by atoms with Crippen molar-refractivity contribution in [3.05, 3.63) is 29.8 Å². The molecule has 1 aromatic heterocycles. The van der Waals surface area contributed by atoms with Crippen molar-refractivity contribution in [1.82, 2.24) is 20.1 Å². The Labute approximate surface area is 172 Å². The van der Waals surface area contributed by atoms with Crippen LogP contribution < -0.4 is 10.2 Å². The van der Waals surface area contributed by atoms with Gasteiger partial charge in [-0.2, -0.15) is 0 Å². The van der Waals surface area contributed by atoms with Gasteiger partial charge in [-0.15, -0.1) is 10.2 Å². The fourth-order valence-electron chi connectivity index (χ4n) is 3.39. The number of aromatic nitrogens is 3. The van der Waals surface area contributed by atoms with E-state index in [1.807, 2.05) is 4.57 Å². The lowest BCUT2D eigenvalue weighted by molar-refractivity contribution is -0.122. The van der Waals surface area contributed by atoms with E-state index < -0.39 is 0 Å². The summed E-state index contributed by atoms with van der Waals surface area (Å²) in [5.74, 6) is 1.66. The second-order valence-corrected chi connectivity index (χ2v) is 9.05. The monoisotopic (exact) mass is 417 g/mol. The number of aryl methyl sites for hydroxylation is 1. The van der Waals surface area contributed by atoms with Crippen molar-refractivity contribution >= 4 is 40.5 Å². The molecule has 2 fully saturated rings. The van der Waals surface area contributed by atoms with Gasteiger partial charge in [-0.05, 0) is 38.3 Å². The van der Waals surface area contributed by atoms with Gasteiger partial charge in [-0.25, -0.2) is 0 Å². The highest BCUT2D eigenvalue weighted by Crippen LogP contribution is 2.29. The number of amides is 1. The van der Waals surface area contributed by atoms with E-state index in [9.17, 15) is 9.59 Å². The van der Waals surface area contributed by atoms with Gasteiger partial charge >= 0.3 is 0 Å². The van der Waals surface area contributed by atoms with Gasteiger partial charge in [0.25, 0.3) is 0 Å². The predicted molar refractivity (Wildman–Crippen MR) is 112 cm³/mol. The molecule has 7 nitrogen and oxygen atoms in total. The Morgan fingerprint density at radius 1 is 1.25 bits per heavy atom. The van der Waals surface area contributed by atoms with Crippen LogP contribution in [0.15, 0.2) is 29.4 Å². The van der Waals surface area contributed by atoms with E-state index in [1.54, 1.807) is 0 Å². The number of rotatable bonds is 6. The second kappa shape index (κ2) is 8.57. The van der Waals surface area contributed by atoms with Crippen LogP contribution in [0.3, 0.4) is 0 Å². The zero-order valence-electron chi connectivity index (χ0n) is 15.8. The van der Waals surface area contributed by atoms with Gasteiger partial charge in [0.05, 0.1) is 17.5 Å². The summed E-state index contributed by atoms with van der Waals surface area (Å²) >= 11 is 2.64. The van der Waals surface area contributed by atoms with Crippen LogP contribution in [-0.2, 0) is 9.59 Å². The lowest BCUT2D eigenvalue weighted by Crippen LogP contribution is -2.38. The molecule has 0 unspecified atom stereocenters. The van der Waals surface area contributed by atoms with Gasteiger partial charge in [0, 0.05) is 18.8 Å². The molecule has 1 amide bonds. The summed E-state index contributed by atoms with van der Waals surface area (Å²) in [6, 6.07) is 7.88. The van der Waals surface area contributed by atoms with Crippen molar-refractivity contribution in [3.63, 3.8) is 0 Å². The van der Waals surface area contributed by atoms with Crippen LogP contribution in [0.4, 0.5) is 5.95 Å². The van der Waals surface area contributed by atoms with E-state index in [2.05, 4.69) is 51.6 Å². The summed E-state index contributed by atoms with van der Waals surface area (Å²) in [7, 11) is 0. The van der Waals surface area contributed by atoms with Crippen molar-refractivity contribution in [2.75, 3.05) is 29.5 Å². The standard InChI is InChI=1S/C19H23N5O2S2/c1-13-4-6-14(7-5-13)24-18(23-9-2-3-10-23)21-22-19(24)28-12-16(25)20-15-8-11-27-17(15)26/h4-7,15H,2-3,8-12H2,1H3,(H,20,25)/t15-/m0/s1. The number of benzene rings is 1. The first-order chi connectivity index (χ1) is 13.6. The highest BCUT2D eigenvalue weighted by molar-refractivity contribution is 8.14. The largest absolute Gasteiger partial charge is 0.345 e. The minimum absolute atomic E-state index is 0.0532. The Bertz CT molecular complexity index is 862. The summed E-state index contributed by atoms with van der Waals surface area (Å²) in [4.78, 5) is 26.3. The molecule has 148 valence electrons. The smallest absolute Gasteiger partial charge is 0.232 e. The van der Waals surface area contributed by atoms with Crippen LogP contribution >= 0.6 is 23.5 Å². The van der Waals surface area contributed by atoms with Gasteiger partial charge in [-0.1, -0.05) is 41.2 Å². The lowest BCUT2D eigenvalue weighted by Gasteiger charge is -2.18. The highest BCUT2D eigenvalue weighted by atomic mass is 32.2. The van der Waals surface area contributed by atoms with Gasteiger partial charge in [-0.3, -0.25) is 14.2 Å². The molecular weight excluding hydrogens is 394 g/mol. The van der Waals surface area contributed by atoms with Crippen LogP contribution in [0.25, 0.3) is 5.69 Å². The first-order valence-corrected chi connectivity index (χ1v) is 11.4. The molecule has 4 rings (SSSR count). The molecule has 0 saturated carbocycles. The van der Waals surface area contributed by atoms with Crippen LogP contribution in [0.2, 0.25) is 0 Å². The van der Waals surface area contributed by atoms with Gasteiger partial charge in [0.15, 0.2) is 5.16 Å². The number of nitrogens with one attached hydrogen (secondary N) is 1. The Morgan fingerprint density at radius 2 is 2.00 bits per heavy atom. The molecule has 28 heavy (non-hydrogen) atoms. The highest BCUT2D eigenvalue weighted by Gasteiger charge is 2.27. The fourth-order valence-corrected chi connectivity index (χ4v) is 5.08. The minimum Gasteiger partial charge on any atom is -0.345 e. The topological polar surface area (TPSA) is 80.1 Å². The van der Waals surface area contributed by atoms with Gasteiger partial charge in [0.2, 0.25) is 17.0 Å². The molecular formula is C19H23N5O2S2. The zero-order chi connectivity index (χ0) is 19.5. The average Bonchev–Trinajstić information content (AvgIpc) is 3.42.